The monoisotopic (exact) mass is 578 g/mol. The van der Waals surface area contributed by atoms with E-state index in [2.05, 4.69) is 120 Å². The first-order valence-electron chi connectivity index (χ1n) is 15.1. The zero-order chi connectivity index (χ0) is 29.7. The molecule has 0 saturated carbocycles. The highest BCUT2D eigenvalue weighted by atomic mass is 16.4. The van der Waals surface area contributed by atoms with Crippen LogP contribution in [0.3, 0.4) is 0 Å². The van der Waals surface area contributed by atoms with Crippen molar-refractivity contribution in [2.24, 2.45) is 0 Å². The number of furan rings is 1. The Morgan fingerprint density at radius 2 is 1.09 bits per heavy atom. The van der Waals surface area contributed by atoms with Gasteiger partial charge >= 0.3 is 0 Å². The summed E-state index contributed by atoms with van der Waals surface area (Å²) in [5, 5.41) is 4.05. The molecule has 9 rings (SSSR count). The standard InChI is InChI=1S/C41H26N2O2/c1-4-13-27(14-5-1)29-17-12-20-31(25-29)43(30-18-8-3-9-19-30)36-26-34-38-37(44-39(34)33-22-11-10-21-32(33)36)24-23-35-40(38)45-41(42-35)28-15-6-2-7-16-28/h1-26H. The van der Waals surface area contributed by atoms with Crippen LogP contribution in [0.1, 0.15) is 0 Å². The number of hydrogen-bond donors (Lipinski definition) is 0. The quantitative estimate of drug-likeness (QED) is 0.204. The number of fused-ring (bicyclic) bond motifs is 7. The third kappa shape index (κ3) is 4.19. The fraction of sp³-hybridized carbons (Fsp3) is 0. The van der Waals surface area contributed by atoms with E-state index >= 15 is 0 Å². The summed E-state index contributed by atoms with van der Waals surface area (Å²) < 4.78 is 13.1. The Bertz CT molecular complexity index is 2480. The highest BCUT2D eigenvalue weighted by Crippen LogP contribution is 2.46. The molecule has 0 unspecified atom stereocenters. The Kier molecular flexibility index (Phi) is 5.78. The number of benzene rings is 7. The molecule has 0 spiro atoms. The first kappa shape index (κ1) is 25.4. The lowest BCUT2D eigenvalue weighted by molar-refractivity contribution is 0.622. The van der Waals surface area contributed by atoms with Gasteiger partial charge < -0.3 is 13.7 Å². The van der Waals surface area contributed by atoms with E-state index in [0.717, 1.165) is 72.0 Å². The molecule has 4 nitrogen and oxygen atoms in total. The average molecular weight is 579 g/mol. The van der Waals surface area contributed by atoms with Crippen LogP contribution in [0.5, 0.6) is 0 Å². The second-order valence-electron chi connectivity index (χ2n) is 11.2. The molecule has 0 aliphatic carbocycles. The minimum Gasteiger partial charge on any atom is -0.455 e. The first-order chi connectivity index (χ1) is 22.3. The third-order valence-corrected chi connectivity index (χ3v) is 8.46. The van der Waals surface area contributed by atoms with Crippen LogP contribution in [0, 0.1) is 0 Å². The molecule has 0 N–H and O–H groups in total. The highest BCUT2D eigenvalue weighted by molar-refractivity contribution is 6.24. The summed E-state index contributed by atoms with van der Waals surface area (Å²) in [5.41, 5.74) is 9.59. The fourth-order valence-corrected chi connectivity index (χ4v) is 6.40. The van der Waals surface area contributed by atoms with Gasteiger partial charge in [0.25, 0.3) is 0 Å². The highest BCUT2D eigenvalue weighted by Gasteiger charge is 2.23. The van der Waals surface area contributed by atoms with Crippen LogP contribution < -0.4 is 4.90 Å². The molecule has 2 heterocycles. The van der Waals surface area contributed by atoms with Gasteiger partial charge in [-0.2, -0.15) is 0 Å². The maximum absolute atomic E-state index is 6.61. The zero-order valence-electron chi connectivity index (χ0n) is 24.2. The van der Waals surface area contributed by atoms with Gasteiger partial charge in [0, 0.05) is 33.1 Å². The van der Waals surface area contributed by atoms with E-state index < -0.39 is 0 Å². The van der Waals surface area contributed by atoms with Crippen LogP contribution in [0.15, 0.2) is 167 Å². The number of hydrogen-bond acceptors (Lipinski definition) is 4. The average Bonchev–Trinajstić information content (AvgIpc) is 3.72. The van der Waals surface area contributed by atoms with Crippen LogP contribution in [0.25, 0.3) is 66.4 Å². The first-order valence-corrected chi connectivity index (χ1v) is 15.1. The van der Waals surface area contributed by atoms with E-state index in [9.17, 15) is 0 Å². The van der Waals surface area contributed by atoms with Gasteiger partial charge in [0.2, 0.25) is 5.89 Å². The molecule has 0 aliphatic heterocycles. The molecule has 0 amide bonds. The van der Waals surface area contributed by atoms with E-state index in [1.54, 1.807) is 0 Å². The largest absolute Gasteiger partial charge is 0.455 e. The van der Waals surface area contributed by atoms with Gasteiger partial charge in [0.1, 0.15) is 16.7 Å². The van der Waals surface area contributed by atoms with Gasteiger partial charge in [0.15, 0.2) is 5.58 Å². The number of aromatic nitrogens is 1. The van der Waals surface area contributed by atoms with Crippen LogP contribution in [0.4, 0.5) is 17.1 Å². The van der Waals surface area contributed by atoms with Crippen molar-refractivity contribution >= 4 is 60.9 Å². The molecule has 0 fully saturated rings. The molecule has 0 radical (unpaired) electrons. The van der Waals surface area contributed by atoms with Gasteiger partial charge in [0.05, 0.1) is 11.1 Å². The SMILES string of the molecule is c1ccc(-c2cccc(N(c3ccccc3)c3cc4c(oc5ccc6nc(-c7ccccc7)oc6c54)c4ccccc34)c2)cc1. The smallest absolute Gasteiger partial charge is 0.227 e. The van der Waals surface area contributed by atoms with Crippen molar-refractivity contribution < 1.29 is 8.83 Å². The summed E-state index contributed by atoms with van der Waals surface area (Å²) in [7, 11) is 0. The minimum absolute atomic E-state index is 0.595. The molecule has 0 aliphatic rings. The van der Waals surface area contributed by atoms with E-state index in [4.69, 9.17) is 13.8 Å². The molecule has 0 atom stereocenters. The molecule has 0 saturated heterocycles. The Hall–Kier alpha value is -6.13. The summed E-state index contributed by atoms with van der Waals surface area (Å²) in [4.78, 5) is 7.19. The van der Waals surface area contributed by atoms with E-state index in [-0.39, 0.29) is 0 Å². The van der Waals surface area contributed by atoms with Gasteiger partial charge in [-0.1, -0.05) is 103 Å². The summed E-state index contributed by atoms with van der Waals surface area (Å²) in [6, 6.07) is 54.5. The second kappa shape index (κ2) is 10.2. The number of oxazole rings is 1. The van der Waals surface area contributed by atoms with Crippen molar-refractivity contribution in [3.63, 3.8) is 0 Å². The van der Waals surface area contributed by atoms with Gasteiger partial charge in [-0.25, -0.2) is 4.98 Å². The topological polar surface area (TPSA) is 42.4 Å². The van der Waals surface area contributed by atoms with Gasteiger partial charge in [-0.05, 0) is 65.7 Å². The number of nitrogens with zero attached hydrogens (tertiary/aromatic N) is 2. The normalized spacial score (nSPS) is 11.6. The lowest BCUT2D eigenvalue weighted by atomic mass is 10.0. The summed E-state index contributed by atoms with van der Waals surface area (Å²) in [5.74, 6) is 0.595. The van der Waals surface area contributed by atoms with E-state index in [0.29, 0.717) is 5.89 Å². The van der Waals surface area contributed by atoms with Crippen LogP contribution in [-0.2, 0) is 0 Å². The van der Waals surface area contributed by atoms with Crippen LogP contribution in [0.2, 0.25) is 0 Å². The number of rotatable bonds is 5. The van der Waals surface area contributed by atoms with E-state index in [1.165, 1.54) is 5.56 Å². The number of para-hydroxylation sites is 1. The predicted molar refractivity (Wildman–Crippen MR) is 184 cm³/mol. The summed E-state index contributed by atoms with van der Waals surface area (Å²) >= 11 is 0. The molecule has 9 aromatic rings. The molecular formula is C41H26N2O2. The van der Waals surface area contributed by atoms with Crippen LogP contribution >= 0.6 is 0 Å². The predicted octanol–water partition coefficient (Wildman–Crippen LogP) is 11.7. The maximum Gasteiger partial charge on any atom is 0.227 e. The summed E-state index contributed by atoms with van der Waals surface area (Å²) in [6.45, 7) is 0. The fourth-order valence-electron chi connectivity index (χ4n) is 6.40. The van der Waals surface area contributed by atoms with Crippen LogP contribution in [-0.4, -0.2) is 4.98 Å². The molecule has 0 bridgehead atoms. The Labute approximate surface area is 259 Å². The van der Waals surface area contributed by atoms with Crippen molar-refractivity contribution in [1.82, 2.24) is 4.98 Å². The molecule has 7 aromatic carbocycles. The Morgan fingerprint density at radius 3 is 1.87 bits per heavy atom. The van der Waals surface area contributed by atoms with Gasteiger partial charge in [-0.3, -0.25) is 0 Å². The van der Waals surface area contributed by atoms with Crippen molar-refractivity contribution in [2.45, 2.75) is 0 Å². The Balaban J connectivity index is 1.34. The third-order valence-electron chi connectivity index (χ3n) is 8.46. The molecular weight excluding hydrogens is 552 g/mol. The molecule has 212 valence electrons. The Morgan fingerprint density at radius 1 is 0.444 bits per heavy atom. The maximum atomic E-state index is 6.61. The minimum atomic E-state index is 0.595. The zero-order valence-corrected chi connectivity index (χ0v) is 24.2. The summed E-state index contributed by atoms with van der Waals surface area (Å²) in [6.07, 6.45) is 0. The lowest BCUT2D eigenvalue weighted by Crippen LogP contribution is -2.10. The number of anilines is 3. The second-order valence-corrected chi connectivity index (χ2v) is 11.2. The van der Waals surface area contributed by atoms with Crippen molar-refractivity contribution in [3.05, 3.63) is 158 Å². The van der Waals surface area contributed by atoms with Crippen molar-refractivity contribution in [3.8, 4) is 22.6 Å². The van der Waals surface area contributed by atoms with Crippen molar-refractivity contribution in [1.29, 1.82) is 0 Å². The lowest BCUT2D eigenvalue weighted by Gasteiger charge is -2.27. The molecule has 45 heavy (non-hydrogen) atoms. The van der Waals surface area contributed by atoms with Crippen molar-refractivity contribution in [2.75, 3.05) is 4.90 Å². The van der Waals surface area contributed by atoms with E-state index in [1.807, 2.05) is 42.5 Å². The molecule has 2 aromatic heterocycles. The molecule has 4 heteroatoms. The van der Waals surface area contributed by atoms with Gasteiger partial charge in [-0.15, -0.1) is 0 Å².